The van der Waals surface area contributed by atoms with E-state index in [0.29, 0.717) is 11.3 Å². The van der Waals surface area contributed by atoms with Crippen LogP contribution in [0.25, 0.3) is 10.1 Å². The molecule has 0 amide bonds. The SMILES string of the molecule is COc1c(C=O)cc(I)c2sccc12. The van der Waals surface area contributed by atoms with E-state index >= 15 is 0 Å². The van der Waals surface area contributed by atoms with Crippen molar-refractivity contribution in [2.45, 2.75) is 0 Å². The van der Waals surface area contributed by atoms with Crippen LogP contribution in [0, 0.1) is 3.57 Å². The smallest absolute Gasteiger partial charge is 0.153 e. The molecule has 2 nitrogen and oxygen atoms in total. The number of carbonyl (C=O) groups excluding carboxylic acids is 1. The molecule has 1 heterocycles. The van der Waals surface area contributed by atoms with Gasteiger partial charge < -0.3 is 4.74 Å². The molecule has 72 valence electrons. The van der Waals surface area contributed by atoms with E-state index in [1.54, 1.807) is 18.4 Å². The molecule has 0 aliphatic rings. The van der Waals surface area contributed by atoms with Gasteiger partial charge in [-0.05, 0) is 40.1 Å². The Hall–Kier alpha value is -0.620. The van der Waals surface area contributed by atoms with Crippen LogP contribution < -0.4 is 4.74 Å². The summed E-state index contributed by atoms with van der Waals surface area (Å²) < 4.78 is 7.50. The number of methoxy groups -OCH3 is 1. The lowest BCUT2D eigenvalue weighted by Gasteiger charge is -2.06. The molecule has 0 unspecified atom stereocenters. The van der Waals surface area contributed by atoms with Crippen LogP contribution >= 0.6 is 33.9 Å². The Balaban J connectivity index is 2.88. The third kappa shape index (κ3) is 1.42. The quantitative estimate of drug-likeness (QED) is 0.627. The zero-order valence-electron chi connectivity index (χ0n) is 7.41. The molecule has 0 aliphatic heterocycles. The van der Waals surface area contributed by atoms with E-state index in [9.17, 15) is 4.79 Å². The molecule has 0 bridgehead atoms. The van der Waals surface area contributed by atoms with Gasteiger partial charge in [-0.3, -0.25) is 4.79 Å². The normalized spacial score (nSPS) is 10.4. The third-order valence-electron chi connectivity index (χ3n) is 2.00. The van der Waals surface area contributed by atoms with E-state index in [-0.39, 0.29) is 0 Å². The van der Waals surface area contributed by atoms with E-state index in [0.717, 1.165) is 15.2 Å². The summed E-state index contributed by atoms with van der Waals surface area (Å²) in [5.74, 6) is 0.677. The van der Waals surface area contributed by atoms with Gasteiger partial charge in [0.25, 0.3) is 0 Å². The lowest BCUT2D eigenvalue weighted by atomic mass is 10.1. The molecular formula is C10H7IO2S. The molecule has 0 atom stereocenters. The molecule has 0 fully saturated rings. The first-order chi connectivity index (χ1) is 6.77. The van der Waals surface area contributed by atoms with Gasteiger partial charge in [0.2, 0.25) is 0 Å². The summed E-state index contributed by atoms with van der Waals surface area (Å²) in [6, 6.07) is 3.83. The van der Waals surface area contributed by atoms with Crippen LogP contribution in [0.5, 0.6) is 5.75 Å². The molecule has 1 aromatic carbocycles. The maximum absolute atomic E-state index is 10.8. The highest BCUT2D eigenvalue weighted by atomic mass is 127. The molecule has 1 aromatic heterocycles. The van der Waals surface area contributed by atoms with Crippen molar-refractivity contribution < 1.29 is 9.53 Å². The van der Waals surface area contributed by atoms with E-state index < -0.39 is 0 Å². The van der Waals surface area contributed by atoms with Crippen LogP contribution in [0.4, 0.5) is 0 Å². The van der Waals surface area contributed by atoms with Crippen molar-refractivity contribution in [1.29, 1.82) is 0 Å². The molecule has 0 saturated carbocycles. The largest absolute Gasteiger partial charge is 0.495 e. The summed E-state index contributed by atoms with van der Waals surface area (Å²) >= 11 is 3.89. The van der Waals surface area contributed by atoms with Gasteiger partial charge in [0.05, 0.1) is 17.4 Å². The van der Waals surface area contributed by atoms with E-state index in [1.807, 2.05) is 17.5 Å². The van der Waals surface area contributed by atoms with Gasteiger partial charge in [-0.25, -0.2) is 0 Å². The Morgan fingerprint density at radius 3 is 3.00 bits per heavy atom. The third-order valence-corrected chi connectivity index (χ3v) is 4.17. The summed E-state index contributed by atoms with van der Waals surface area (Å²) in [5.41, 5.74) is 0.614. The Labute approximate surface area is 99.0 Å². The second kappa shape index (κ2) is 3.86. The predicted octanol–water partition coefficient (Wildman–Crippen LogP) is 3.33. The second-order valence-corrected chi connectivity index (χ2v) is 4.84. The average Bonchev–Trinajstić information content (AvgIpc) is 2.66. The summed E-state index contributed by atoms with van der Waals surface area (Å²) in [7, 11) is 1.59. The summed E-state index contributed by atoms with van der Waals surface area (Å²) in [4.78, 5) is 10.8. The lowest BCUT2D eigenvalue weighted by molar-refractivity contribution is 0.112. The van der Waals surface area contributed by atoms with Gasteiger partial charge in [0, 0.05) is 8.96 Å². The Morgan fingerprint density at radius 2 is 2.36 bits per heavy atom. The molecule has 0 radical (unpaired) electrons. The zero-order chi connectivity index (χ0) is 10.1. The summed E-state index contributed by atoms with van der Waals surface area (Å²) in [5, 5.41) is 3.02. The highest BCUT2D eigenvalue weighted by Gasteiger charge is 2.11. The first-order valence-corrected chi connectivity index (χ1v) is 5.92. The molecule has 14 heavy (non-hydrogen) atoms. The van der Waals surface area contributed by atoms with Crippen molar-refractivity contribution in [2.75, 3.05) is 7.11 Å². The zero-order valence-corrected chi connectivity index (χ0v) is 10.4. The van der Waals surface area contributed by atoms with Crippen LogP contribution in [-0.4, -0.2) is 13.4 Å². The fourth-order valence-corrected chi connectivity index (χ4v) is 3.22. The van der Waals surface area contributed by atoms with E-state index in [2.05, 4.69) is 22.6 Å². The van der Waals surface area contributed by atoms with Crippen LogP contribution in [0.1, 0.15) is 10.4 Å². The number of halogens is 1. The standard InChI is InChI=1S/C10H7IO2S/c1-13-9-6(5-12)4-8(11)10-7(9)2-3-14-10/h2-5H,1H3. The molecule has 4 heteroatoms. The van der Waals surface area contributed by atoms with Gasteiger partial charge >= 0.3 is 0 Å². The molecule has 2 aromatic rings. The maximum atomic E-state index is 10.8. The summed E-state index contributed by atoms with van der Waals surface area (Å²) in [6.07, 6.45) is 0.831. The minimum atomic E-state index is 0.614. The van der Waals surface area contributed by atoms with Crippen molar-refractivity contribution in [3.63, 3.8) is 0 Å². The fraction of sp³-hybridized carbons (Fsp3) is 0.100. The van der Waals surface area contributed by atoms with Gasteiger partial charge in [0.1, 0.15) is 5.75 Å². The molecular weight excluding hydrogens is 311 g/mol. The number of aldehydes is 1. The van der Waals surface area contributed by atoms with Crippen molar-refractivity contribution in [3.05, 3.63) is 26.6 Å². The van der Waals surface area contributed by atoms with Crippen molar-refractivity contribution >= 4 is 50.3 Å². The Bertz CT molecular complexity index is 490. The first kappa shape index (κ1) is 9.92. The van der Waals surface area contributed by atoms with Crippen LogP contribution in [0.3, 0.4) is 0 Å². The topological polar surface area (TPSA) is 26.3 Å². The number of rotatable bonds is 2. The monoisotopic (exact) mass is 318 g/mol. The second-order valence-electron chi connectivity index (χ2n) is 2.76. The highest BCUT2D eigenvalue weighted by molar-refractivity contribution is 14.1. The number of thiophene rings is 1. The number of fused-ring (bicyclic) bond motifs is 1. The number of hydrogen-bond donors (Lipinski definition) is 0. The van der Waals surface area contributed by atoms with Crippen LogP contribution in [-0.2, 0) is 0 Å². The van der Waals surface area contributed by atoms with Gasteiger partial charge in [-0.1, -0.05) is 0 Å². The summed E-state index contributed by atoms with van der Waals surface area (Å²) in [6.45, 7) is 0. The van der Waals surface area contributed by atoms with E-state index in [4.69, 9.17) is 4.74 Å². The molecule has 0 N–H and O–H groups in total. The average molecular weight is 318 g/mol. The Morgan fingerprint density at radius 1 is 1.57 bits per heavy atom. The van der Waals surface area contributed by atoms with Gasteiger partial charge in [0.15, 0.2) is 6.29 Å². The predicted molar refractivity (Wildman–Crippen MR) is 66.5 cm³/mol. The van der Waals surface area contributed by atoms with Crippen molar-refractivity contribution in [1.82, 2.24) is 0 Å². The van der Waals surface area contributed by atoms with Crippen LogP contribution in [0.15, 0.2) is 17.5 Å². The van der Waals surface area contributed by atoms with E-state index in [1.165, 1.54) is 4.70 Å². The molecule has 0 spiro atoms. The Kier molecular flexibility index (Phi) is 2.73. The minimum Gasteiger partial charge on any atom is -0.495 e. The minimum absolute atomic E-state index is 0.614. The first-order valence-electron chi connectivity index (χ1n) is 3.96. The van der Waals surface area contributed by atoms with Crippen molar-refractivity contribution in [2.24, 2.45) is 0 Å². The van der Waals surface area contributed by atoms with Gasteiger partial charge in [-0.15, -0.1) is 11.3 Å². The molecule has 0 aliphatic carbocycles. The number of hydrogen-bond acceptors (Lipinski definition) is 3. The molecule has 0 saturated heterocycles. The highest BCUT2D eigenvalue weighted by Crippen LogP contribution is 2.35. The number of carbonyl (C=O) groups is 1. The fourth-order valence-electron chi connectivity index (χ4n) is 1.41. The van der Waals surface area contributed by atoms with Crippen LogP contribution in [0.2, 0.25) is 0 Å². The maximum Gasteiger partial charge on any atom is 0.153 e. The number of benzene rings is 1. The van der Waals surface area contributed by atoms with Crippen molar-refractivity contribution in [3.8, 4) is 5.75 Å². The van der Waals surface area contributed by atoms with Gasteiger partial charge in [-0.2, -0.15) is 0 Å². The molecule has 2 rings (SSSR count). The lowest BCUT2D eigenvalue weighted by Crippen LogP contribution is -1.91. The number of ether oxygens (including phenoxy) is 1.